The van der Waals surface area contributed by atoms with E-state index in [-0.39, 0.29) is 24.7 Å². The van der Waals surface area contributed by atoms with Gasteiger partial charge in [0.1, 0.15) is 5.75 Å². The predicted octanol–water partition coefficient (Wildman–Crippen LogP) is 2.55. The summed E-state index contributed by atoms with van der Waals surface area (Å²) in [6.45, 7) is 1.66. The second-order valence-corrected chi connectivity index (χ2v) is 7.33. The van der Waals surface area contributed by atoms with Crippen LogP contribution in [0.25, 0.3) is 0 Å². The Morgan fingerprint density at radius 1 is 1.04 bits per heavy atom. The van der Waals surface area contributed by atoms with Crippen LogP contribution in [-0.4, -0.2) is 51.2 Å². The third-order valence-corrected chi connectivity index (χ3v) is 5.67. The number of hydrogen-bond donors (Lipinski definition) is 3. The molecule has 3 N–H and O–H groups in total. The van der Waals surface area contributed by atoms with Gasteiger partial charge in [-0.2, -0.15) is 0 Å². The fraction of sp³-hybridized carbons (Fsp3) is 0.478. The molecule has 2 aromatic carbocycles. The molecular formula is C23H32N2O3. The van der Waals surface area contributed by atoms with Crippen LogP contribution >= 0.6 is 0 Å². The molecule has 0 amide bonds. The van der Waals surface area contributed by atoms with E-state index in [1.54, 1.807) is 14.2 Å². The summed E-state index contributed by atoms with van der Waals surface area (Å²) >= 11 is 0. The molecule has 3 rings (SSSR count). The number of nitrogens with one attached hydrogen (secondary N) is 2. The molecule has 0 spiro atoms. The van der Waals surface area contributed by atoms with Crippen molar-refractivity contribution in [3.05, 3.63) is 65.7 Å². The van der Waals surface area contributed by atoms with Gasteiger partial charge in [-0.15, -0.1) is 0 Å². The fourth-order valence-electron chi connectivity index (χ4n) is 4.35. The van der Waals surface area contributed by atoms with Crippen LogP contribution in [0.1, 0.15) is 23.6 Å². The minimum absolute atomic E-state index is 0.179. The van der Waals surface area contributed by atoms with Crippen molar-refractivity contribution in [3.63, 3.8) is 0 Å². The molecule has 5 heteroatoms. The molecule has 2 aromatic rings. The highest BCUT2D eigenvalue weighted by atomic mass is 16.5. The minimum atomic E-state index is 0.179. The lowest BCUT2D eigenvalue weighted by Gasteiger charge is -2.26. The zero-order chi connectivity index (χ0) is 19.8. The molecule has 0 aliphatic carbocycles. The van der Waals surface area contributed by atoms with Crippen LogP contribution in [0.5, 0.6) is 5.75 Å². The van der Waals surface area contributed by atoms with Gasteiger partial charge in [0, 0.05) is 31.8 Å². The minimum Gasteiger partial charge on any atom is -0.496 e. The highest BCUT2D eigenvalue weighted by Crippen LogP contribution is 2.34. The number of ether oxygens (including phenoxy) is 2. The fourth-order valence-corrected chi connectivity index (χ4v) is 4.35. The maximum Gasteiger partial charge on any atom is 0.122 e. The number of aliphatic hydroxyl groups excluding tert-OH is 1. The summed E-state index contributed by atoms with van der Waals surface area (Å²) in [7, 11) is 3.45. The Bertz CT molecular complexity index is 710. The number of hydrogen-bond acceptors (Lipinski definition) is 5. The van der Waals surface area contributed by atoms with Crippen molar-refractivity contribution in [1.82, 2.24) is 10.6 Å². The van der Waals surface area contributed by atoms with Gasteiger partial charge in [0.2, 0.25) is 0 Å². The van der Waals surface area contributed by atoms with E-state index in [1.807, 2.05) is 24.3 Å². The first-order valence-electron chi connectivity index (χ1n) is 10.0. The monoisotopic (exact) mass is 384 g/mol. The molecule has 5 nitrogen and oxygen atoms in total. The first-order chi connectivity index (χ1) is 13.8. The van der Waals surface area contributed by atoms with Crippen LogP contribution in [0.4, 0.5) is 0 Å². The lowest BCUT2D eigenvalue weighted by Crippen LogP contribution is -2.40. The summed E-state index contributed by atoms with van der Waals surface area (Å²) in [5, 5.41) is 17.2. The zero-order valence-corrected chi connectivity index (χ0v) is 16.8. The van der Waals surface area contributed by atoms with Crippen molar-refractivity contribution in [3.8, 4) is 5.75 Å². The topological polar surface area (TPSA) is 62.8 Å². The van der Waals surface area contributed by atoms with Crippen LogP contribution in [0.2, 0.25) is 0 Å². The summed E-state index contributed by atoms with van der Waals surface area (Å²) < 4.78 is 10.9. The van der Waals surface area contributed by atoms with Gasteiger partial charge in [0.25, 0.3) is 0 Å². The molecule has 0 saturated carbocycles. The number of rotatable bonds is 10. The number of aliphatic hydroxyl groups is 1. The molecule has 4 unspecified atom stereocenters. The first kappa shape index (κ1) is 20.8. The van der Waals surface area contributed by atoms with Crippen LogP contribution < -0.4 is 15.4 Å². The second kappa shape index (κ2) is 10.6. The standard InChI is InChI=1S/C23H32N2O3/c1-27-16-20-19(13-15-26)23(22(25-20)18-9-4-3-5-10-18)24-14-12-17-8-6-7-11-21(17)28-2/h3-11,19-20,22-26H,12-16H2,1-2H3. The van der Waals surface area contributed by atoms with E-state index in [4.69, 9.17) is 9.47 Å². The molecule has 4 atom stereocenters. The SMILES string of the molecule is COCC1NC(c2ccccc2)C(NCCc2ccccc2OC)C1CCO. The maximum absolute atomic E-state index is 9.65. The Hall–Kier alpha value is -1.92. The molecule has 1 aliphatic rings. The summed E-state index contributed by atoms with van der Waals surface area (Å²) in [6, 6.07) is 19.3. The van der Waals surface area contributed by atoms with Gasteiger partial charge >= 0.3 is 0 Å². The summed E-state index contributed by atoms with van der Waals surface area (Å²) in [6.07, 6.45) is 1.64. The zero-order valence-electron chi connectivity index (χ0n) is 16.8. The van der Waals surface area contributed by atoms with Gasteiger partial charge in [-0.25, -0.2) is 0 Å². The van der Waals surface area contributed by atoms with Gasteiger partial charge in [-0.05, 0) is 42.5 Å². The molecule has 0 aromatic heterocycles. The molecule has 152 valence electrons. The summed E-state index contributed by atoms with van der Waals surface area (Å²) in [5.41, 5.74) is 2.46. The highest BCUT2D eigenvalue weighted by molar-refractivity contribution is 5.33. The van der Waals surface area contributed by atoms with E-state index in [0.717, 1.165) is 25.1 Å². The normalized spacial score (nSPS) is 24.4. The first-order valence-corrected chi connectivity index (χ1v) is 10.0. The van der Waals surface area contributed by atoms with Gasteiger partial charge < -0.3 is 25.2 Å². The number of benzene rings is 2. The van der Waals surface area contributed by atoms with Crippen LogP contribution in [0, 0.1) is 5.92 Å². The molecule has 0 bridgehead atoms. The number of para-hydroxylation sites is 1. The Balaban J connectivity index is 1.74. The molecule has 1 fully saturated rings. The van der Waals surface area contributed by atoms with Crippen LogP contribution in [0.3, 0.4) is 0 Å². The van der Waals surface area contributed by atoms with Crippen LogP contribution in [0.15, 0.2) is 54.6 Å². The largest absolute Gasteiger partial charge is 0.496 e. The Kier molecular flexibility index (Phi) is 7.86. The van der Waals surface area contributed by atoms with Crippen molar-refractivity contribution in [2.24, 2.45) is 5.92 Å². The Labute approximate surface area is 168 Å². The molecule has 1 heterocycles. The maximum atomic E-state index is 9.65. The third kappa shape index (κ3) is 4.92. The van der Waals surface area contributed by atoms with Crippen molar-refractivity contribution >= 4 is 0 Å². The van der Waals surface area contributed by atoms with Gasteiger partial charge in [0.05, 0.1) is 13.7 Å². The second-order valence-electron chi connectivity index (χ2n) is 7.33. The quantitative estimate of drug-likeness (QED) is 0.588. The summed E-state index contributed by atoms with van der Waals surface area (Å²) in [4.78, 5) is 0. The molecule has 28 heavy (non-hydrogen) atoms. The molecule has 0 radical (unpaired) electrons. The smallest absolute Gasteiger partial charge is 0.122 e. The van der Waals surface area contributed by atoms with E-state index >= 15 is 0 Å². The van der Waals surface area contributed by atoms with E-state index in [9.17, 15) is 5.11 Å². The molecule has 1 saturated heterocycles. The Morgan fingerprint density at radius 2 is 1.79 bits per heavy atom. The van der Waals surface area contributed by atoms with Crippen molar-refractivity contribution in [2.75, 3.05) is 34.0 Å². The van der Waals surface area contributed by atoms with Crippen LogP contribution in [-0.2, 0) is 11.2 Å². The van der Waals surface area contributed by atoms with E-state index in [1.165, 1.54) is 11.1 Å². The van der Waals surface area contributed by atoms with E-state index in [2.05, 4.69) is 41.0 Å². The predicted molar refractivity (Wildman–Crippen MR) is 112 cm³/mol. The summed E-state index contributed by atoms with van der Waals surface area (Å²) in [5.74, 6) is 1.23. The lowest BCUT2D eigenvalue weighted by molar-refractivity contribution is 0.141. The van der Waals surface area contributed by atoms with E-state index in [0.29, 0.717) is 12.5 Å². The van der Waals surface area contributed by atoms with E-state index < -0.39 is 0 Å². The van der Waals surface area contributed by atoms with Gasteiger partial charge in [-0.3, -0.25) is 0 Å². The van der Waals surface area contributed by atoms with Gasteiger partial charge in [-0.1, -0.05) is 48.5 Å². The Morgan fingerprint density at radius 3 is 2.50 bits per heavy atom. The molecule has 1 aliphatic heterocycles. The molecular weight excluding hydrogens is 352 g/mol. The number of methoxy groups -OCH3 is 2. The lowest BCUT2D eigenvalue weighted by atomic mass is 9.88. The highest BCUT2D eigenvalue weighted by Gasteiger charge is 2.42. The average molecular weight is 385 g/mol. The third-order valence-electron chi connectivity index (χ3n) is 5.67. The van der Waals surface area contributed by atoms with Crippen molar-refractivity contribution < 1.29 is 14.6 Å². The average Bonchev–Trinajstić information content (AvgIpc) is 3.07. The van der Waals surface area contributed by atoms with Crippen molar-refractivity contribution in [2.45, 2.75) is 31.0 Å². The van der Waals surface area contributed by atoms with Gasteiger partial charge in [0.15, 0.2) is 0 Å². The van der Waals surface area contributed by atoms with Crippen molar-refractivity contribution in [1.29, 1.82) is 0 Å².